The second-order valence-corrected chi connectivity index (χ2v) is 7.50. The lowest BCUT2D eigenvalue weighted by molar-refractivity contribution is 1.01. The van der Waals surface area contributed by atoms with Crippen LogP contribution in [0.15, 0.2) is 36.4 Å². The van der Waals surface area contributed by atoms with Gasteiger partial charge < -0.3 is 0 Å². The molecule has 0 N–H and O–H groups in total. The molecule has 2 rings (SSSR count). The number of hydrogen-bond acceptors (Lipinski definition) is 2. The summed E-state index contributed by atoms with van der Waals surface area (Å²) in [5.74, 6) is 0. The molecule has 25 heavy (non-hydrogen) atoms. The average molecular weight is 412 g/mol. The van der Waals surface area contributed by atoms with Gasteiger partial charge in [-0.3, -0.25) is 0 Å². The van der Waals surface area contributed by atoms with Gasteiger partial charge in [0.25, 0.3) is 0 Å². The summed E-state index contributed by atoms with van der Waals surface area (Å²) in [5, 5.41) is 17.6. The van der Waals surface area contributed by atoms with Crippen LogP contribution in [0.1, 0.15) is 22.3 Å². The standard InChI is InChI=1S/C19H14Cl4N2/c20-16(10-24)8-14-3-1-12(6-18(14)22)5-13-2-4-15(19(23)7-13)9-17(21)11-25/h1-4,6-7,16-17H,5,8-9H2. The Kier molecular flexibility index (Phi) is 7.42. The Morgan fingerprint density at radius 3 is 1.48 bits per heavy atom. The molecule has 0 saturated heterocycles. The van der Waals surface area contributed by atoms with E-state index in [1.54, 1.807) is 0 Å². The van der Waals surface area contributed by atoms with E-state index in [-0.39, 0.29) is 0 Å². The van der Waals surface area contributed by atoms with Gasteiger partial charge in [-0.25, -0.2) is 0 Å². The molecular formula is C19H14Cl4N2. The number of nitriles is 2. The predicted octanol–water partition coefficient (Wildman–Crippen LogP) is 5.93. The summed E-state index contributed by atoms with van der Waals surface area (Å²) in [5.41, 5.74) is 3.77. The predicted molar refractivity (Wildman–Crippen MR) is 104 cm³/mol. The Hall–Kier alpha value is -1.42. The summed E-state index contributed by atoms with van der Waals surface area (Å²) in [6.45, 7) is 0. The highest BCUT2D eigenvalue weighted by Gasteiger charge is 2.11. The molecule has 128 valence electrons. The number of nitrogens with zero attached hydrogens (tertiary/aromatic N) is 2. The van der Waals surface area contributed by atoms with E-state index in [0.717, 1.165) is 22.3 Å². The topological polar surface area (TPSA) is 47.6 Å². The maximum absolute atomic E-state index is 8.79. The summed E-state index contributed by atoms with van der Waals surface area (Å²) in [6.07, 6.45) is 1.50. The fourth-order valence-electron chi connectivity index (χ4n) is 2.45. The van der Waals surface area contributed by atoms with Crippen molar-refractivity contribution in [3.8, 4) is 12.1 Å². The normalized spacial score (nSPS) is 12.9. The molecule has 0 amide bonds. The van der Waals surface area contributed by atoms with Crippen LogP contribution >= 0.6 is 46.4 Å². The molecule has 0 saturated carbocycles. The highest BCUT2D eigenvalue weighted by atomic mass is 35.5. The van der Waals surface area contributed by atoms with Gasteiger partial charge in [-0.05, 0) is 40.8 Å². The number of benzene rings is 2. The third-order valence-electron chi connectivity index (χ3n) is 3.72. The first-order valence-electron chi connectivity index (χ1n) is 7.55. The number of halogens is 4. The van der Waals surface area contributed by atoms with Gasteiger partial charge in [0, 0.05) is 22.9 Å². The Bertz CT molecular complexity index is 767. The Morgan fingerprint density at radius 1 is 0.760 bits per heavy atom. The van der Waals surface area contributed by atoms with Crippen LogP contribution in [0, 0.1) is 22.7 Å². The van der Waals surface area contributed by atoms with E-state index in [1.807, 2.05) is 48.5 Å². The van der Waals surface area contributed by atoms with Crippen molar-refractivity contribution < 1.29 is 0 Å². The Morgan fingerprint density at radius 2 is 1.16 bits per heavy atom. The lowest BCUT2D eigenvalue weighted by Gasteiger charge is -2.10. The summed E-state index contributed by atoms with van der Waals surface area (Å²) < 4.78 is 0. The van der Waals surface area contributed by atoms with Crippen LogP contribution in [0.5, 0.6) is 0 Å². The molecule has 0 radical (unpaired) electrons. The Balaban J connectivity index is 2.12. The molecule has 6 heteroatoms. The van der Waals surface area contributed by atoms with Crippen LogP contribution in [0.2, 0.25) is 10.0 Å². The van der Waals surface area contributed by atoms with Crippen LogP contribution in [0.4, 0.5) is 0 Å². The molecule has 2 aromatic rings. The van der Waals surface area contributed by atoms with Crippen LogP contribution in [-0.4, -0.2) is 10.8 Å². The molecule has 0 aliphatic heterocycles. The van der Waals surface area contributed by atoms with Gasteiger partial charge in [-0.15, -0.1) is 23.2 Å². The molecule has 2 nitrogen and oxygen atoms in total. The average Bonchev–Trinajstić information content (AvgIpc) is 2.59. The molecule has 0 aliphatic carbocycles. The van der Waals surface area contributed by atoms with E-state index in [0.29, 0.717) is 29.3 Å². The SMILES string of the molecule is N#CC(Cl)Cc1ccc(Cc2ccc(CC(Cl)C#N)c(Cl)c2)cc1Cl. The van der Waals surface area contributed by atoms with Crippen LogP contribution in [0.3, 0.4) is 0 Å². The van der Waals surface area contributed by atoms with Crippen molar-refractivity contribution in [2.45, 2.75) is 30.0 Å². The molecule has 2 atom stereocenters. The van der Waals surface area contributed by atoms with Gasteiger partial charge in [0.2, 0.25) is 0 Å². The minimum Gasteiger partial charge on any atom is -0.197 e. The minimum atomic E-state index is -0.589. The van der Waals surface area contributed by atoms with E-state index < -0.39 is 10.8 Å². The largest absolute Gasteiger partial charge is 0.197 e. The number of hydrogen-bond donors (Lipinski definition) is 0. The van der Waals surface area contributed by atoms with E-state index >= 15 is 0 Å². The van der Waals surface area contributed by atoms with Crippen molar-refractivity contribution in [3.05, 3.63) is 68.7 Å². The smallest absolute Gasteiger partial charge is 0.124 e. The van der Waals surface area contributed by atoms with Crippen molar-refractivity contribution in [1.29, 1.82) is 10.5 Å². The fourth-order valence-corrected chi connectivity index (χ4v) is 3.34. The molecule has 2 unspecified atom stereocenters. The van der Waals surface area contributed by atoms with Crippen molar-refractivity contribution in [2.24, 2.45) is 0 Å². The molecule has 0 bridgehead atoms. The lowest BCUT2D eigenvalue weighted by atomic mass is 10.00. The van der Waals surface area contributed by atoms with Gasteiger partial charge in [-0.2, -0.15) is 10.5 Å². The van der Waals surface area contributed by atoms with Gasteiger partial charge in [0.1, 0.15) is 10.8 Å². The van der Waals surface area contributed by atoms with Gasteiger partial charge in [-0.1, -0.05) is 47.5 Å². The quantitative estimate of drug-likeness (QED) is 0.552. The van der Waals surface area contributed by atoms with Crippen molar-refractivity contribution in [1.82, 2.24) is 0 Å². The van der Waals surface area contributed by atoms with Gasteiger partial charge in [0.05, 0.1) is 12.1 Å². The molecule has 0 fully saturated rings. The van der Waals surface area contributed by atoms with Crippen molar-refractivity contribution in [3.63, 3.8) is 0 Å². The highest BCUT2D eigenvalue weighted by molar-refractivity contribution is 6.32. The van der Waals surface area contributed by atoms with Gasteiger partial charge in [0.15, 0.2) is 0 Å². The van der Waals surface area contributed by atoms with E-state index in [4.69, 9.17) is 56.9 Å². The second-order valence-electron chi connectivity index (χ2n) is 5.63. The summed E-state index contributed by atoms with van der Waals surface area (Å²) in [7, 11) is 0. The molecule has 0 heterocycles. The van der Waals surface area contributed by atoms with Gasteiger partial charge >= 0.3 is 0 Å². The van der Waals surface area contributed by atoms with Crippen LogP contribution < -0.4 is 0 Å². The monoisotopic (exact) mass is 410 g/mol. The van der Waals surface area contributed by atoms with Crippen molar-refractivity contribution in [2.75, 3.05) is 0 Å². The number of alkyl halides is 2. The summed E-state index contributed by atoms with van der Waals surface area (Å²) >= 11 is 24.3. The zero-order chi connectivity index (χ0) is 18.4. The maximum atomic E-state index is 8.79. The molecular weight excluding hydrogens is 398 g/mol. The molecule has 2 aromatic carbocycles. The molecule has 0 aromatic heterocycles. The number of rotatable bonds is 6. The zero-order valence-corrected chi connectivity index (χ0v) is 16.2. The fraction of sp³-hybridized carbons (Fsp3) is 0.263. The second kappa shape index (κ2) is 9.33. The first-order chi connectivity index (χ1) is 11.9. The first-order valence-corrected chi connectivity index (χ1v) is 9.17. The molecule has 0 aliphatic rings. The third kappa shape index (κ3) is 5.81. The maximum Gasteiger partial charge on any atom is 0.124 e. The van der Waals surface area contributed by atoms with Crippen LogP contribution in [-0.2, 0) is 19.3 Å². The molecule has 0 spiro atoms. The first kappa shape index (κ1) is 19.9. The van der Waals surface area contributed by atoms with Crippen LogP contribution in [0.25, 0.3) is 0 Å². The Labute approximate surface area is 167 Å². The summed E-state index contributed by atoms with van der Waals surface area (Å²) in [4.78, 5) is 0. The summed E-state index contributed by atoms with van der Waals surface area (Å²) in [6, 6.07) is 15.5. The van der Waals surface area contributed by atoms with E-state index in [1.165, 1.54) is 0 Å². The van der Waals surface area contributed by atoms with Crippen molar-refractivity contribution >= 4 is 46.4 Å². The lowest BCUT2D eigenvalue weighted by Crippen LogP contribution is -2.02. The zero-order valence-electron chi connectivity index (χ0n) is 13.1. The highest BCUT2D eigenvalue weighted by Crippen LogP contribution is 2.25. The minimum absolute atomic E-state index is 0.413. The third-order valence-corrected chi connectivity index (χ3v) is 4.93. The van der Waals surface area contributed by atoms with E-state index in [9.17, 15) is 0 Å². The van der Waals surface area contributed by atoms with E-state index in [2.05, 4.69) is 0 Å².